The second-order valence-corrected chi connectivity index (χ2v) is 6.11. The fraction of sp³-hybridized carbons (Fsp3) is 0.500. The Morgan fingerprint density at radius 1 is 1.53 bits per heavy atom. The van der Waals surface area contributed by atoms with E-state index >= 15 is 0 Å². The highest BCUT2D eigenvalue weighted by Gasteiger charge is 2.04. The minimum Gasteiger partial charge on any atom is -0.369 e. The van der Waals surface area contributed by atoms with Gasteiger partial charge in [-0.1, -0.05) is 6.92 Å². The Balaban J connectivity index is 2.50. The average molecular weight is 354 g/mol. The molecular formula is C10H14Br2N2S. The lowest BCUT2D eigenvalue weighted by Gasteiger charge is -2.12. The third kappa shape index (κ3) is 4.74. The summed E-state index contributed by atoms with van der Waals surface area (Å²) in [4.78, 5) is 4.30. The highest BCUT2D eigenvalue weighted by molar-refractivity contribution is 9.11. The van der Waals surface area contributed by atoms with E-state index < -0.39 is 0 Å². The summed E-state index contributed by atoms with van der Waals surface area (Å²) in [7, 11) is 0. The summed E-state index contributed by atoms with van der Waals surface area (Å²) in [5.41, 5.74) is 0. The minimum atomic E-state index is 0.650. The molecule has 1 heterocycles. The molecule has 5 heteroatoms. The Bertz CT molecular complexity index is 320. The van der Waals surface area contributed by atoms with E-state index in [1.807, 2.05) is 17.8 Å². The van der Waals surface area contributed by atoms with Crippen LogP contribution < -0.4 is 5.32 Å². The van der Waals surface area contributed by atoms with Crippen LogP contribution in [0.5, 0.6) is 0 Å². The number of hydrogen-bond donors (Lipinski definition) is 1. The zero-order valence-corrected chi connectivity index (χ0v) is 12.7. The summed E-state index contributed by atoms with van der Waals surface area (Å²) in [5, 5.41) is 3.33. The first kappa shape index (κ1) is 13.3. The maximum absolute atomic E-state index is 4.30. The van der Waals surface area contributed by atoms with E-state index in [0.29, 0.717) is 5.92 Å². The fourth-order valence-electron chi connectivity index (χ4n) is 1.16. The fourth-order valence-corrected chi connectivity index (χ4v) is 2.97. The number of hydrogen-bond acceptors (Lipinski definition) is 3. The Morgan fingerprint density at radius 2 is 2.27 bits per heavy atom. The molecule has 0 amide bonds. The van der Waals surface area contributed by atoms with Gasteiger partial charge in [0.1, 0.15) is 5.82 Å². The Hall–Kier alpha value is 0.260. The van der Waals surface area contributed by atoms with Gasteiger partial charge in [-0.2, -0.15) is 11.8 Å². The maximum atomic E-state index is 4.30. The lowest BCUT2D eigenvalue weighted by molar-refractivity contribution is 0.699. The summed E-state index contributed by atoms with van der Waals surface area (Å²) in [5.74, 6) is 2.73. The molecule has 0 aromatic carbocycles. The predicted molar refractivity (Wildman–Crippen MR) is 75.7 cm³/mol. The molecule has 0 saturated heterocycles. The van der Waals surface area contributed by atoms with Crippen LogP contribution in [0, 0.1) is 5.92 Å². The van der Waals surface area contributed by atoms with Gasteiger partial charge in [0.25, 0.3) is 0 Å². The van der Waals surface area contributed by atoms with Gasteiger partial charge in [0.15, 0.2) is 0 Å². The van der Waals surface area contributed by atoms with Crippen molar-refractivity contribution in [2.24, 2.45) is 5.92 Å². The standard InChI is InChI=1S/C10H14Br2N2S/c1-7(6-15-2)4-13-10-9(12)3-8(11)5-14-10/h3,5,7H,4,6H2,1-2H3,(H,13,14). The van der Waals surface area contributed by atoms with Crippen molar-refractivity contribution in [2.45, 2.75) is 6.92 Å². The van der Waals surface area contributed by atoms with Gasteiger partial charge in [-0.15, -0.1) is 0 Å². The van der Waals surface area contributed by atoms with Crippen molar-refractivity contribution in [2.75, 3.05) is 23.9 Å². The number of thioether (sulfide) groups is 1. The van der Waals surface area contributed by atoms with Crippen molar-refractivity contribution in [3.05, 3.63) is 21.2 Å². The number of nitrogens with one attached hydrogen (secondary N) is 1. The molecule has 1 unspecified atom stereocenters. The van der Waals surface area contributed by atoms with Crippen LogP contribution in [0.1, 0.15) is 6.92 Å². The van der Waals surface area contributed by atoms with Gasteiger partial charge in [-0.05, 0) is 55.9 Å². The molecule has 0 radical (unpaired) electrons. The lowest BCUT2D eigenvalue weighted by Crippen LogP contribution is -2.14. The van der Waals surface area contributed by atoms with Crippen LogP contribution in [-0.2, 0) is 0 Å². The molecular weight excluding hydrogens is 340 g/mol. The molecule has 0 saturated carbocycles. The zero-order valence-electron chi connectivity index (χ0n) is 8.76. The number of halogens is 2. The van der Waals surface area contributed by atoms with Crippen LogP contribution in [0.2, 0.25) is 0 Å². The summed E-state index contributed by atoms with van der Waals surface area (Å²) in [6, 6.07) is 1.99. The van der Waals surface area contributed by atoms with E-state index in [9.17, 15) is 0 Å². The lowest BCUT2D eigenvalue weighted by atomic mass is 10.2. The second kappa shape index (κ2) is 6.76. The Morgan fingerprint density at radius 3 is 2.87 bits per heavy atom. The van der Waals surface area contributed by atoms with Gasteiger partial charge >= 0.3 is 0 Å². The summed E-state index contributed by atoms with van der Waals surface area (Å²) in [6.45, 7) is 3.18. The van der Waals surface area contributed by atoms with Crippen molar-refractivity contribution in [3.63, 3.8) is 0 Å². The molecule has 1 N–H and O–H groups in total. The van der Waals surface area contributed by atoms with Gasteiger partial charge in [-0.25, -0.2) is 4.98 Å². The third-order valence-corrected chi connectivity index (χ3v) is 3.82. The van der Waals surface area contributed by atoms with Crippen LogP contribution in [0.3, 0.4) is 0 Å². The average Bonchev–Trinajstić information content (AvgIpc) is 2.17. The van der Waals surface area contributed by atoms with Crippen molar-refractivity contribution in [1.82, 2.24) is 4.98 Å². The quantitative estimate of drug-likeness (QED) is 0.865. The summed E-state index contributed by atoms with van der Waals surface area (Å²) in [6.07, 6.45) is 3.93. The van der Waals surface area contributed by atoms with Crippen LogP contribution in [0.25, 0.3) is 0 Å². The molecule has 1 aromatic heterocycles. The second-order valence-electron chi connectivity index (χ2n) is 3.43. The van der Waals surface area contributed by atoms with Crippen LogP contribution in [-0.4, -0.2) is 23.5 Å². The first-order valence-corrected chi connectivity index (χ1v) is 7.65. The molecule has 0 aliphatic carbocycles. The van der Waals surface area contributed by atoms with Gasteiger partial charge in [-0.3, -0.25) is 0 Å². The first-order valence-electron chi connectivity index (χ1n) is 4.67. The van der Waals surface area contributed by atoms with Crippen molar-refractivity contribution in [3.8, 4) is 0 Å². The molecule has 0 fully saturated rings. The number of rotatable bonds is 5. The molecule has 0 bridgehead atoms. The zero-order chi connectivity index (χ0) is 11.3. The molecule has 15 heavy (non-hydrogen) atoms. The SMILES string of the molecule is CSCC(C)CNc1ncc(Br)cc1Br. The van der Waals surface area contributed by atoms with Gasteiger partial charge in [0.2, 0.25) is 0 Å². The van der Waals surface area contributed by atoms with Crippen molar-refractivity contribution in [1.29, 1.82) is 0 Å². The molecule has 84 valence electrons. The largest absolute Gasteiger partial charge is 0.369 e. The van der Waals surface area contributed by atoms with Crippen molar-refractivity contribution < 1.29 is 0 Å². The number of nitrogens with zero attached hydrogens (tertiary/aromatic N) is 1. The topological polar surface area (TPSA) is 24.9 Å². The van der Waals surface area contributed by atoms with E-state index in [1.165, 1.54) is 5.75 Å². The number of aromatic nitrogens is 1. The van der Waals surface area contributed by atoms with Crippen LogP contribution >= 0.6 is 43.6 Å². The normalized spacial score (nSPS) is 12.5. The van der Waals surface area contributed by atoms with E-state index in [4.69, 9.17) is 0 Å². The van der Waals surface area contributed by atoms with Gasteiger partial charge in [0, 0.05) is 17.2 Å². The molecule has 0 spiro atoms. The summed E-state index contributed by atoms with van der Waals surface area (Å²) < 4.78 is 1.98. The minimum absolute atomic E-state index is 0.650. The van der Waals surface area contributed by atoms with Gasteiger partial charge in [0.05, 0.1) is 4.47 Å². The molecule has 1 rings (SSSR count). The maximum Gasteiger partial charge on any atom is 0.140 e. The first-order chi connectivity index (χ1) is 7.13. The smallest absolute Gasteiger partial charge is 0.140 e. The molecule has 2 nitrogen and oxygen atoms in total. The molecule has 1 atom stereocenters. The molecule has 1 aromatic rings. The predicted octanol–water partition coefficient (Wildman–Crippen LogP) is 4.02. The monoisotopic (exact) mass is 352 g/mol. The summed E-state index contributed by atoms with van der Waals surface area (Å²) >= 11 is 8.73. The Labute approximate surface area is 112 Å². The van der Waals surface area contributed by atoms with Crippen LogP contribution in [0.15, 0.2) is 21.2 Å². The van der Waals surface area contributed by atoms with E-state index in [0.717, 1.165) is 21.3 Å². The highest BCUT2D eigenvalue weighted by atomic mass is 79.9. The number of anilines is 1. The van der Waals surface area contributed by atoms with Gasteiger partial charge < -0.3 is 5.32 Å². The molecule has 0 aliphatic rings. The Kier molecular flexibility index (Phi) is 6.00. The van der Waals surface area contributed by atoms with E-state index in [1.54, 1.807) is 6.20 Å². The van der Waals surface area contributed by atoms with Crippen LogP contribution in [0.4, 0.5) is 5.82 Å². The third-order valence-electron chi connectivity index (χ3n) is 1.88. The van der Waals surface area contributed by atoms with E-state index in [-0.39, 0.29) is 0 Å². The highest BCUT2D eigenvalue weighted by Crippen LogP contribution is 2.23. The van der Waals surface area contributed by atoms with E-state index in [2.05, 4.69) is 55.3 Å². The molecule has 0 aliphatic heterocycles. The number of pyridine rings is 1. The van der Waals surface area contributed by atoms with Crippen molar-refractivity contribution >= 4 is 49.4 Å².